The molecule has 0 aromatic rings. The lowest BCUT2D eigenvalue weighted by atomic mass is 9.77. The molecule has 21 heavy (non-hydrogen) atoms. The first-order chi connectivity index (χ1) is 10.1. The van der Waals surface area contributed by atoms with E-state index in [1.54, 1.807) is 0 Å². The Kier molecular flexibility index (Phi) is 6.06. The molecule has 2 N–H and O–H groups in total. The van der Waals surface area contributed by atoms with Gasteiger partial charge in [-0.25, -0.2) is 0 Å². The number of nitrogens with two attached hydrogens (primary N) is 1. The van der Waals surface area contributed by atoms with Gasteiger partial charge in [0.05, 0.1) is 0 Å². The highest BCUT2D eigenvalue weighted by molar-refractivity contribution is 5.83. The van der Waals surface area contributed by atoms with E-state index in [0.29, 0.717) is 11.8 Å². The maximum atomic E-state index is 13.1. The van der Waals surface area contributed by atoms with E-state index >= 15 is 0 Å². The van der Waals surface area contributed by atoms with Crippen LogP contribution in [0.1, 0.15) is 52.4 Å². The molecule has 0 unspecified atom stereocenters. The number of carbonyl (C=O) groups excluding carboxylic acids is 1. The van der Waals surface area contributed by atoms with Crippen molar-refractivity contribution in [3.63, 3.8) is 0 Å². The van der Waals surface area contributed by atoms with Crippen LogP contribution in [0.5, 0.6) is 0 Å². The van der Waals surface area contributed by atoms with Gasteiger partial charge in [-0.3, -0.25) is 9.69 Å². The van der Waals surface area contributed by atoms with E-state index in [4.69, 9.17) is 5.73 Å². The van der Waals surface area contributed by atoms with Gasteiger partial charge in [0, 0.05) is 31.6 Å². The number of amides is 1. The molecule has 0 atom stereocenters. The summed E-state index contributed by atoms with van der Waals surface area (Å²) in [4.78, 5) is 17.7. The summed E-state index contributed by atoms with van der Waals surface area (Å²) < 4.78 is 0. The van der Waals surface area contributed by atoms with Gasteiger partial charge in [0.15, 0.2) is 0 Å². The van der Waals surface area contributed by atoms with E-state index in [2.05, 4.69) is 23.6 Å². The highest BCUT2D eigenvalue weighted by Gasteiger charge is 2.43. The SMILES string of the molecule is CC(C)CC1(C(=O)N2CCN(CCCN)CC2)CCCC1. The fourth-order valence-electron chi connectivity index (χ4n) is 4.16. The molecule has 1 amide bonds. The molecule has 1 saturated heterocycles. The van der Waals surface area contributed by atoms with Gasteiger partial charge in [0.25, 0.3) is 0 Å². The van der Waals surface area contributed by atoms with Crippen molar-refractivity contribution >= 4 is 5.91 Å². The predicted octanol–water partition coefficient (Wildman–Crippen LogP) is 2.09. The first-order valence-electron chi connectivity index (χ1n) is 8.79. The van der Waals surface area contributed by atoms with Crippen molar-refractivity contribution in [2.75, 3.05) is 39.3 Å². The van der Waals surface area contributed by atoms with Crippen LogP contribution in [-0.4, -0.2) is 55.0 Å². The summed E-state index contributed by atoms with van der Waals surface area (Å²) >= 11 is 0. The van der Waals surface area contributed by atoms with Crippen molar-refractivity contribution < 1.29 is 4.79 Å². The van der Waals surface area contributed by atoms with Crippen LogP contribution < -0.4 is 5.73 Å². The van der Waals surface area contributed by atoms with Crippen molar-refractivity contribution in [1.29, 1.82) is 0 Å². The van der Waals surface area contributed by atoms with E-state index < -0.39 is 0 Å². The standard InChI is InChI=1S/C17H33N3O/c1-15(2)14-17(6-3-4-7-17)16(21)20-12-10-19(11-13-20)9-5-8-18/h15H,3-14,18H2,1-2H3. The monoisotopic (exact) mass is 295 g/mol. The van der Waals surface area contributed by atoms with Gasteiger partial charge in [0.2, 0.25) is 5.91 Å². The Hall–Kier alpha value is -0.610. The zero-order valence-corrected chi connectivity index (χ0v) is 13.9. The average Bonchev–Trinajstić information content (AvgIpc) is 2.93. The summed E-state index contributed by atoms with van der Waals surface area (Å²) in [7, 11) is 0. The maximum absolute atomic E-state index is 13.1. The van der Waals surface area contributed by atoms with Crippen LogP contribution in [0.3, 0.4) is 0 Å². The zero-order valence-electron chi connectivity index (χ0n) is 13.9. The molecule has 0 spiro atoms. The number of nitrogens with zero attached hydrogens (tertiary/aromatic N) is 2. The average molecular weight is 295 g/mol. The molecule has 0 aromatic heterocycles. The summed E-state index contributed by atoms with van der Waals surface area (Å²) in [6.45, 7) is 10.2. The summed E-state index contributed by atoms with van der Waals surface area (Å²) in [6.07, 6.45) is 6.81. The van der Waals surface area contributed by atoms with Crippen molar-refractivity contribution in [3.05, 3.63) is 0 Å². The molecule has 122 valence electrons. The number of hydrogen-bond acceptors (Lipinski definition) is 3. The van der Waals surface area contributed by atoms with Crippen molar-refractivity contribution in [2.45, 2.75) is 52.4 Å². The van der Waals surface area contributed by atoms with E-state index in [1.165, 1.54) is 12.8 Å². The zero-order chi connectivity index (χ0) is 15.3. The Bertz CT molecular complexity index is 329. The minimum Gasteiger partial charge on any atom is -0.340 e. The van der Waals surface area contributed by atoms with Crippen LogP contribution in [0.2, 0.25) is 0 Å². The van der Waals surface area contributed by atoms with Gasteiger partial charge >= 0.3 is 0 Å². The lowest BCUT2D eigenvalue weighted by Gasteiger charge is -2.40. The molecule has 0 radical (unpaired) electrons. The van der Waals surface area contributed by atoms with Gasteiger partial charge in [-0.15, -0.1) is 0 Å². The quantitative estimate of drug-likeness (QED) is 0.816. The smallest absolute Gasteiger partial charge is 0.228 e. The second-order valence-electron chi connectivity index (χ2n) is 7.36. The number of piperazine rings is 1. The van der Waals surface area contributed by atoms with Gasteiger partial charge in [-0.2, -0.15) is 0 Å². The Morgan fingerprint density at radius 2 is 1.76 bits per heavy atom. The third-order valence-electron chi connectivity index (χ3n) is 5.15. The second-order valence-corrected chi connectivity index (χ2v) is 7.36. The van der Waals surface area contributed by atoms with Crippen LogP contribution in [0.4, 0.5) is 0 Å². The molecule has 2 aliphatic rings. The molecule has 2 fully saturated rings. The molecular formula is C17H33N3O. The molecule has 1 saturated carbocycles. The molecule has 1 aliphatic heterocycles. The number of hydrogen-bond donors (Lipinski definition) is 1. The fraction of sp³-hybridized carbons (Fsp3) is 0.941. The van der Waals surface area contributed by atoms with E-state index in [-0.39, 0.29) is 5.41 Å². The summed E-state index contributed by atoms with van der Waals surface area (Å²) in [5.74, 6) is 1.06. The topological polar surface area (TPSA) is 49.6 Å². The fourth-order valence-corrected chi connectivity index (χ4v) is 4.16. The van der Waals surface area contributed by atoms with Gasteiger partial charge in [0.1, 0.15) is 0 Å². The molecular weight excluding hydrogens is 262 g/mol. The molecule has 4 nitrogen and oxygen atoms in total. The summed E-state index contributed by atoms with van der Waals surface area (Å²) in [5.41, 5.74) is 5.54. The Morgan fingerprint density at radius 1 is 1.14 bits per heavy atom. The minimum absolute atomic E-state index is 0.0341. The Labute approximate surface area is 130 Å². The molecule has 0 aromatic carbocycles. The van der Waals surface area contributed by atoms with Gasteiger partial charge < -0.3 is 10.6 Å². The highest BCUT2D eigenvalue weighted by Crippen LogP contribution is 2.44. The predicted molar refractivity (Wildman–Crippen MR) is 87.0 cm³/mol. The minimum atomic E-state index is -0.0341. The van der Waals surface area contributed by atoms with Crippen molar-refractivity contribution in [3.8, 4) is 0 Å². The first-order valence-corrected chi connectivity index (χ1v) is 8.79. The second kappa shape index (κ2) is 7.59. The third kappa shape index (κ3) is 4.19. The van der Waals surface area contributed by atoms with Crippen LogP contribution >= 0.6 is 0 Å². The summed E-state index contributed by atoms with van der Waals surface area (Å²) in [5, 5.41) is 0. The molecule has 0 bridgehead atoms. The van der Waals surface area contributed by atoms with Crippen LogP contribution in [0.25, 0.3) is 0 Å². The normalized spacial score (nSPS) is 23.0. The molecule has 1 heterocycles. The van der Waals surface area contributed by atoms with E-state index in [0.717, 1.165) is 65.0 Å². The highest BCUT2D eigenvalue weighted by atomic mass is 16.2. The van der Waals surface area contributed by atoms with Gasteiger partial charge in [-0.05, 0) is 44.7 Å². The van der Waals surface area contributed by atoms with Crippen molar-refractivity contribution in [2.24, 2.45) is 17.1 Å². The molecule has 1 aliphatic carbocycles. The number of rotatable bonds is 6. The maximum Gasteiger partial charge on any atom is 0.228 e. The van der Waals surface area contributed by atoms with Crippen LogP contribution in [0.15, 0.2) is 0 Å². The largest absolute Gasteiger partial charge is 0.340 e. The van der Waals surface area contributed by atoms with E-state index in [1.807, 2.05) is 0 Å². The lowest BCUT2D eigenvalue weighted by molar-refractivity contribution is -0.144. The van der Waals surface area contributed by atoms with E-state index in [9.17, 15) is 4.79 Å². The first kappa shape index (κ1) is 16.8. The van der Waals surface area contributed by atoms with Crippen molar-refractivity contribution in [1.82, 2.24) is 9.80 Å². The van der Waals surface area contributed by atoms with Gasteiger partial charge in [-0.1, -0.05) is 26.7 Å². The summed E-state index contributed by atoms with van der Waals surface area (Å²) in [6, 6.07) is 0. The lowest BCUT2D eigenvalue weighted by Crippen LogP contribution is -2.53. The third-order valence-corrected chi connectivity index (χ3v) is 5.15. The van der Waals surface area contributed by atoms with Crippen LogP contribution in [0, 0.1) is 11.3 Å². The van der Waals surface area contributed by atoms with Crippen LogP contribution in [-0.2, 0) is 4.79 Å². The Morgan fingerprint density at radius 3 is 2.29 bits per heavy atom. The number of carbonyl (C=O) groups is 1. The Balaban J connectivity index is 1.90. The molecule has 2 rings (SSSR count). The molecule has 4 heteroatoms.